The lowest BCUT2D eigenvalue weighted by Crippen LogP contribution is -2.17. The maximum Gasteiger partial charge on any atom is 0.444 e. The zero-order valence-electron chi connectivity index (χ0n) is 8.47. The summed E-state index contributed by atoms with van der Waals surface area (Å²) in [5, 5.41) is -1.28. The van der Waals surface area contributed by atoms with Crippen LogP contribution in [0.1, 0.15) is 12.0 Å². The van der Waals surface area contributed by atoms with Gasteiger partial charge in [-0.3, -0.25) is 4.99 Å². The van der Waals surface area contributed by atoms with Crippen molar-refractivity contribution in [3.63, 3.8) is 0 Å². The predicted molar refractivity (Wildman–Crippen MR) is 59.0 cm³/mol. The number of aliphatic imine (C=N–C) groups is 1. The fourth-order valence-corrected chi connectivity index (χ4v) is 1.28. The molecule has 0 saturated heterocycles. The summed E-state index contributed by atoms with van der Waals surface area (Å²) >= 11 is 4.96. The van der Waals surface area contributed by atoms with E-state index in [1.807, 2.05) is 30.3 Å². The third-order valence-electron chi connectivity index (χ3n) is 1.95. The first-order valence-corrected chi connectivity index (χ1v) is 5.19. The van der Waals surface area contributed by atoms with Crippen LogP contribution in [0.15, 0.2) is 35.3 Å². The Kier molecular flexibility index (Phi) is 4.80. The molecule has 0 saturated carbocycles. The highest BCUT2D eigenvalue weighted by molar-refractivity contribution is 6.66. The normalized spacial score (nSPS) is 12.9. The van der Waals surface area contributed by atoms with Crippen LogP contribution in [-0.2, 0) is 6.42 Å². The molecule has 0 aromatic heterocycles. The molecule has 1 rings (SSSR count). The molecule has 88 valence electrons. The SMILES string of the molecule is FC(F)(F)C(Cl)=NCCCc1ccccc1. The van der Waals surface area contributed by atoms with Gasteiger partial charge in [0.2, 0.25) is 5.17 Å². The summed E-state index contributed by atoms with van der Waals surface area (Å²) in [6, 6.07) is 9.52. The smallest absolute Gasteiger partial charge is 0.269 e. The molecule has 0 aliphatic carbocycles. The second-order valence-electron chi connectivity index (χ2n) is 3.26. The van der Waals surface area contributed by atoms with E-state index in [1.54, 1.807) is 0 Å². The molecule has 1 nitrogen and oxygen atoms in total. The molecule has 0 fully saturated rings. The van der Waals surface area contributed by atoms with E-state index in [-0.39, 0.29) is 6.54 Å². The van der Waals surface area contributed by atoms with E-state index in [2.05, 4.69) is 4.99 Å². The molecule has 0 amide bonds. The maximum absolute atomic E-state index is 11.9. The van der Waals surface area contributed by atoms with Crippen LogP contribution in [0.5, 0.6) is 0 Å². The summed E-state index contributed by atoms with van der Waals surface area (Å²) in [6.07, 6.45) is -3.27. The highest BCUT2D eigenvalue weighted by Crippen LogP contribution is 2.19. The Hall–Kier alpha value is -1.03. The van der Waals surface area contributed by atoms with E-state index >= 15 is 0 Å². The quantitative estimate of drug-likeness (QED) is 0.568. The molecule has 5 heteroatoms. The first-order chi connectivity index (χ1) is 7.50. The van der Waals surface area contributed by atoms with Gasteiger partial charge in [0.05, 0.1) is 0 Å². The number of aryl methyl sites for hydroxylation is 1. The number of halogens is 4. The first-order valence-electron chi connectivity index (χ1n) is 4.81. The zero-order chi connectivity index (χ0) is 12.0. The van der Waals surface area contributed by atoms with Gasteiger partial charge >= 0.3 is 6.18 Å². The summed E-state index contributed by atoms with van der Waals surface area (Å²) in [7, 11) is 0. The Morgan fingerprint density at radius 2 is 1.81 bits per heavy atom. The first kappa shape index (κ1) is 13.0. The van der Waals surface area contributed by atoms with Crippen molar-refractivity contribution in [1.82, 2.24) is 0 Å². The highest BCUT2D eigenvalue weighted by atomic mass is 35.5. The molecular weight excluding hydrogens is 239 g/mol. The maximum atomic E-state index is 11.9. The number of alkyl halides is 3. The summed E-state index contributed by atoms with van der Waals surface area (Å²) in [4.78, 5) is 3.27. The van der Waals surface area contributed by atoms with Crippen LogP contribution >= 0.6 is 11.6 Å². The second kappa shape index (κ2) is 5.89. The van der Waals surface area contributed by atoms with E-state index in [9.17, 15) is 13.2 Å². The molecule has 0 N–H and O–H groups in total. The fourth-order valence-electron chi connectivity index (χ4n) is 1.19. The Balaban J connectivity index is 2.32. The molecule has 16 heavy (non-hydrogen) atoms. The summed E-state index contributed by atoms with van der Waals surface area (Å²) < 4.78 is 35.8. The van der Waals surface area contributed by atoms with E-state index in [0.717, 1.165) is 5.56 Å². The van der Waals surface area contributed by atoms with E-state index < -0.39 is 11.3 Å². The summed E-state index contributed by atoms with van der Waals surface area (Å²) in [5.74, 6) is 0. The number of hydrogen-bond donors (Lipinski definition) is 0. The molecule has 0 radical (unpaired) electrons. The zero-order valence-corrected chi connectivity index (χ0v) is 9.22. The molecule has 0 aliphatic rings. The van der Waals surface area contributed by atoms with Gasteiger partial charge in [-0.15, -0.1) is 0 Å². The largest absolute Gasteiger partial charge is 0.444 e. The minimum atomic E-state index is -4.52. The summed E-state index contributed by atoms with van der Waals surface area (Å²) in [6.45, 7) is 0.0905. The minimum Gasteiger partial charge on any atom is -0.269 e. The minimum absolute atomic E-state index is 0.0905. The molecule has 0 spiro atoms. The van der Waals surface area contributed by atoms with Crippen LogP contribution in [0.4, 0.5) is 13.2 Å². The van der Waals surface area contributed by atoms with Crippen LogP contribution < -0.4 is 0 Å². The molecule has 1 aromatic carbocycles. The van der Waals surface area contributed by atoms with Crippen molar-refractivity contribution in [2.75, 3.05) is 6.54 Å². The number of benzene rings is 1. The third-order valence-corrected chi connectivity index (χ3v) is 2.28. The number of hydrogen-bond acceptors (Lipinski definition) is 1. The average molecular weight is 250 g/mol. The molecular formula is C11H11ClF3N. The highest BCUT2D eigenvalue weighted by Gasteiger charge is 2.33. The average Bonchev–Trinajstić information content (AvgIpc) is 2.24. The van der Waals surface area contributed by atoms with Gasteiger partial charge in [-0.1, -0.05) is 41.9 Å². The molecule has 0 bridgehead atoms. The Labute approximate surface area is 97.0 Å². The van der Waals surface area contributed by atoms with Crippen molar-refractivity contribution < 1.29 is 13.2 Å². The number of rotatable bonds is 4. The van der Waals surface area contributed by atoms with Crippen molar-refractivity contribution >= 4 is 16.8 Å². The third kappa shape index (κ3) is 4.66. The molecule has 0 heterocycles. The second-order valence-corrected chi connectivity index (χ2v) is 3.62. The van der Waals surface area contributed by atoms with Crippen molar-refractivity contribution in [3.05, 3.63) is 35.9 Å². The van der Waals surface area contributed by atoms with Crippen molar-refractivity contribution in [3.8, 4) is 0 Å². The Morgan fingerprint density at radius 1 is 1.19 bits per heavy atom. The fraction of sp³-hybridized carbons (Fsp3) is 0.364. The van der Waals surface area contributed by atoms with Crippen molar-refractivity contribution in [2.45, 2.75) is 19.0 Å². The molecule has 0 atom stereocenters. The molecule has 0 aliphatic heterocycles. The molecule has 1 aromatic rings. The van der Waals surface area contributed by atoms with Crippen LogP contribution in [0, 0.1) is 0 Å². The van der Waals surface area contributed by atoms with Gasteiger partial charge in [0.25, 0.3) is 0 Å². The Bertz CT molecular complexity index is 346. The van der Waals surface area contributed by atoms with Crippen LogP contribution in [0.25, 0.3) is 0 Å². The van der Waals surface area contributed by atoms with E-state index in [1.165, 1.54) is 0 Å². The predicted octanol–water partition coefficient (Wildman–Crippen LogP) is 3.82. The topological polar surface area (TPSA) is 12.4 Å². The lowest BCUT2D eigenvalue weighted by atomic mass is 10.1. The van der Waals surface area contributed by atoms with Gasteiger partial charge in [0.15, 0.2) is 0 Å². The summed E-state index contributed by atoms with van der Waals surface area (Å²) in [5.41, 5.74) is 1.08. The lowest BCUT2D eigenvalue weighted by molar-refractivity contribution is -0.0560. The van der Waals surface area contributed by atoms with E-state index in [4.69, 9.17) is 11.6 Å². The van der Waals surface area contributed by atoms with E-state index in [0.29, 0.717) is 12.8 Å². The van der Waals surface area contributed by atoms with Gasteiger partial charge < -0.3 is 0 Å². The lowest BCUT2D eigenvalue weighted by Gasteiger charge is -2.03. The molecule has 0 unspecified atom stereocenters. The van der Waals surface area contributed by atoms with Crippen LogP contribution in [-0.4, -0.2) is 17.9 Å². The van der Waals surface area contributed by atoms with Gasteiger partial charge in [-0.05, 0) is 18.4 Å². The standard InChI is InChI=1S/C11H11ClF3N/c12-10(11(13,14)15)16-8-4-7-9-5-2-1-3-6-9/h1-3,5-6H,4,7-8H2. The van der Waals surface area contributed by atoms with Crippen molar-refractivity contribution in [2.24, 2.45) is 4.99 Å². The van der Waals surface area contributed by atoms with Crippen molar-refractivity contribution in [1.29, 1.82) is 0 Å². The van der Waals surface area contributed by atoms with Gasteiger partial charge in [-0.2, -0.15) is 13.2 Å². The van der Waals surface area contributed by atoms with Gasteiger partial charge in [0, 0.05) is 6.54 Å². The van der Waals surface area contributed by atoms with Crippen LogP contribution in [0.2, 0.25) is 0 Å². The number of nitrogens with zero attached hydrogens (tertiary/aromatic N) is 1. The van der Waals surface area contributed by atoms with Gasteiger partial charge in [0.1, 0.15) is 0 Å². The van der Waals surface area contributed by atoms with Gasteiger partial charge in [-0.25, -0.2) is 0 Å². The monoisotopic (exact) mass is 249 g/mol. The van der Waals surface area contributed by atoms with Crippen LogP contribution in [0.3, 0.4) is 0 Å². The Morgan fingerprint density at radius 3 is 2.38 bits per heavy atom.